The number of carbonyl (C=O) groups is 1. The number of halogens is 1. The zero-order valence-electron chi connectivity index (χ0n) is 10.9. The Hall–Kier alpha value is -1.62. The highest BCUT2D eigenvalue weighted by Crippen LogP contribution is 2.14. The van der Waals surface area contributed by atoms with Crippen molar-refractivity contribution in [1.82, 2.24) is 10.2 Å². The Morgan fingerprint density at radius 3 is 2.74 bits per heavy atom. The number of hydrogen-bond donors (Lipinski definition) is 2. The van der Waals surface area contributed by atoms with E-state index in [4.69, 9.17) is 0 Å². The van der Waals surface area contributed by atoms with Crippen molar-refractivity contribution >= 4 is 5.91 Å². The van der Waals surface area contributed by atoms with E-state index < -0.39 is 5.82 Å². The first kappa shape index (κ1) is 13.8. The lowest BCUT2D eigenvalue weighted by molar-refractivity contribution is -0.130. The van der Waals surface area contributed by atoms with Crippen LogP contribution in [0.15, 0.2) is 18.2 Å². The molecule has 19 heavy (non-hydrogen) atoms. The normalized spacial score (nSPS) is 14.9. The maximum Gasteiger partial charge on any atom is 0.223 e. The van der Waals surface area contributed by atoms with E-state index in [0.717, 1.165) is 32.0 Å². The van der Waals surface area contributed by atoms with Crippen molar-refractivity contribution in [2.24, 2.45) is 0 Å². The molecule has 1 aromatic rings. The number of phenols is 1. The molecule has 5 heteroatoms. The van der Waals surface area contributed by atoms with Crippen LogP contribution in [0.3, 0.4) is 0 Å². The van der Waals surface area contributed by atoms with Crippen LogP contribution in [0.1, 0.15) is 24.8 Å². The number of nitrogens with zero attached hydrogens (tertiary/aromatic N) is 1. The number of amides is 1. The Bertz CT molecular complexity index is 425. The molecule has 104 valence electrons. The first-order chi connectivity index (χ1) is 9.15. The molecule has 0 saturated carbocycles. The third-order valence-electron chi connectivity index (χ3n) is 3.25. The van der Waals surface area contributed by atoms with Crippen molar-refractivity contribution in [3.8, 4) is 5.75 Å². The average molecular weight is 266 g/mol. The molecular weight excluding hydrogens is 247 g/mol. The Morgan fingerprint density at radius 2 is 2.05 bits per heavy atom. The average Bonchev–Trinajstić information content (AvgIpc) is 2.87. The van der Waals surface area contributed by atoms with Gasteiger partial charge in [0.25, 0.3) is 0 Å². The van der Waals surface area contributed by atoms with Crippen LogP contribution >= 0.6 is 0 Å². The van der Waals surface area contributed by atoms with Gasteiger partial charge in [0.05, 0.1) is 0 Å². The van der Waals surface area contributed by atoms with Crippen LogP contribution < -0.4 is 5.32 Å². The summed E-state index contributed by atoms with van der Waals surface area (Å²) in [5.74, 6) is -0.359. The van der Waals surface area contributed by atoms with Crippen molar-refractivity contribution in [3.63, 3.8) is 0 Å². The summed E-state index contributed by atoms with van der Waals surface area (Å²) in [5, 5.41) is 12.3. The van der Waals surface area contributed by atoms with Gasteiger partial charge in [-0.15, -0.1) is 0 Å². The third-order valence-corrected chi connectivity index (χ3v) is 3.25. The molecule has 0 radical (unpaired) electrons. The van der Waals surface area contributed by atoms with Gasteiger partial charge in [0.15, 0.2) is 0 Å². The molecule has 1 saturated heterocycles. The van der Waals surface area contributed by atoms with Crippen LogP contribution in [0.4, 0.5) is 4.39 Å². The molecule has 1 aromatic carbocycles. The summed E-state index contributed by atoms with van der Waals surface area (Å²) >= 11 is 0. The molecule has 2 rings (SSSR count). The van der Waals surface area contributed by atoms with Crippen LogP contribution in [0.25, 0.3) is 0 Å². The fraction of sp³-hybridized carbons (Fsp3) is 0.500. The molecule has 1 fully saturated rings. The predicted molar refractivity (Wildman–Crippen MR) is 70.2 cm³/mol. The lowest BCUT2D eigenvalue weighted by atomic mass is 10.2. The van der Waals surface area contributed by atoms with Crippen LogP contribution in [-0.4, -0.2) is 35.5 Å². The molecule has 1 aliphatic heterocycles. The van der Waals surface area contributed by atoms with E-state index in [9.17, 15) is 14.3 Å². The number of carbonyl (C=O) groups excluding carboxylic acids is 1. The van der Waals surface area contributed by atoms with E-state index in [-0.39, 0.29) is 11.7 Å². The lowest BCUT2D eigenvalue weighted by Gasteiger charge is -2.15. The Morgan fingerprint density at radius 1 is 1.32 bits per heavy atom. The van der Waals surface area contributed by atoms with Gasteiger partial charge < -0.3 is 15.3 Å². The second-order valence-corrected chi connectivity index (χ2v) is 4.83. The smallest absolute Gasteiger partial charge is 0.223 e. The maximum atomic E-state index is 13.0. The van der Waals surface area contributed by atoms with Crippen molar-refractivity contribution < 1.29 is 14.3 Å². The van der Waals surface area contributed by atoms with E-state index in [1.165, 1.54) is 12.1 Å². The quantitative estimate of drug-likeness (QED) is 0.797. The summed E-state index contributed by atoms with van der Waals surface area (Å²) in [5.41, 5.74) is 0.672. The number of phenolic OH excluding ortho intramolecular Hbond substituents is 1. The number of benzene rings is 1. The standard InChI is InChI=1S/C14H19FN2O2/c15-12-7-11(8-13(18)9-12)10-16-4-3-14(19)17-5-1-2-6-17/h7-9,16,18H,1-6,10H2. The fourth-order valence-electron chi connectivity index (χ4n) is 2.29. The van der Waals surface area contributed by atoms with E-state index >= 15 is 0 Å². The van der Waals surface area contributed by atoms with Gasteiger partial charge >= 0.3 is 0 Å². The minimum atomic E-state index is -0.454. The predicted octanol–water partition coefficient (Wildman–Crippen LogP) is 1.63. The molecule has 0 bridgehead atoms. The molecule has 0 spiro atoms. The molecule has 1 amide bonds. The monoisotopic (exact) mass is 266 g/mol. The van der Waals surface area contributed by atoms with E-state index in [2.05, 4.69) is 5.32 Å². The summed E-state index contributed by atoms with van der Waals surface area (Å²) in [6.07, 6.45) is 2.66. The van der Waals surface area contributed by atoms with Gasteiger partial charge in [-0.3, -0.25) is 4.79 Å². The minimum absolute atomic E-state index is 0.0788. The zero-order chi connectivity index (χ0) is 13.7. The Labute approximate surface area is 112 Å². The van der Waals surface area contributed by atoms with Gasteiger partial charge in [-0.1, -0.05) is 0 Å². The minimum Gasteiger partial charge on any atom is -0.508 e. The van der Waals surface area contributed by atoms with Crippen molar-refractivity contribution in [3.05, 3.63) is 29.6 Å². The van der Waals surface area contributed by atoms with Gasteiger partial charge in [0.2, 0.25) is 5.91 Å². The van der Waals surface area contributed by atoms with Crippen LogP contribution in [-0.2, 0) is 11.3 Å². The summed E-state index contributed by atoms with van der Waals surface area (Å²) in [4.78, 5) is 13.6. The first-order valence-corrected chi connectivity index (χ1v) is 6.62. The van der Waals surface area contributed by atoms with Gasteiger partial charge in [-0.2, -0.15) is 0 Å². The van der Waals surface area contributed by atoms with Gasteiger partial charge in [-0.25, -0.2) is 4.39 Å². The maximum absolute atomic E-state index is 13.0. The van der Waals surface area contributed by atoms with Crippen LogP contribution in [0, 0.1) is 5.82 Å². The molecule has 2 N–H and O–H groups in total. The van der Waals surface area contributed by atoms with Gasteiger partial charge in [0, 0.05) is 38.7 Å². The highest BCUT2D eigenvalue weighted by atomic mass is 19.1. The Balaban J connectivity index is 1.70. The number of aromatic hydroxyl groups is 1. The molecular formula is C14H19FN2O2. The van der Waals surface area contributed by atoms with Crippen LogP contribution in [0.2, 0.25) is 0 Å². The molecule has 1 aliphatic rings. The fourth-order valence-corrected chi connectivity index (χ4v) is 2.29. The zero-order valence-corrected chi connectivity index (χ0v) is 10.9. The first-order valence-electron chi connectivity index (χ1n) is 6.62. The Kier molecular flexibility index (Phi) is 4.74. The van der Waals surface area contributed by atoms with Crippen LogP contribution in [0.5, 0.6) is 5.75 Å². The molecule has 0 atom stereocenters. The summed E-state index contributed by atoms with van der Waals surface area (Å²) in [6, 6.07) is 3.95. The molecule has 0 aromatic heterocycles. The lowest BCUT2D eigenvalue weighted by Crippen LogP contribution is -2.30. The summed E-state index contributed by atoms with van der Waals surface area (Å²) < 4.78 is 13.0. The summed E-state index contributed by atoms with van der Waals surface area (Å²) in [6.45, 7) is 2.75. The second kappa shape index (κ2) is 6.52. The van der Waals surface area contributed by atoms with Crippen molar-refractivity contribution in [2.75, 3.05) is 19.6 Å². The molecule has 4 nitrogen and oxygen atoms in total. The van der Waals surface area contributed by atoms with Crippen molar-refractivity contribution in [2.45, 2.75) is 25.8 Å². The highest BCUT2D eigenvalue weighted by Gasteiger charge is 2.16. The highest BCUT2D eigenvalue weighted by molar-refractivity contribution is 5.76. The van der Waals surface area contributed by atoms with Gasteiger partial charge in [-0.05, 0) is 30.5 Å². The van der Waals surface area contributed by atoms with E-state index in [1.54, 1.807) is 0 Å². The summed E-state index contributed by atoms with van der Waals surface area (Å²) in [7, 11) is 0. The number of rotatable bonds is 5. The number of likely N-dealkylation sites (tertiary alicyclic amines) is 1. The SMILES string of the molecule is O=C(CCNCc1cc(O)cc(F)c1)N1CCCC1. The third kappa shape index (κ3) is 4.21. The molecule has 1 heterocycles. The molecule has 0 unspecified atom stereocenters. The van der Waals surface area contributed by atoms with E-state index in [1.807, 2.05) is 4.90 Å². The topological polar surface area (TPSA) is 52.6 Å². The van der Waals surface area contributed by atoms with E-state index in [0.29, 0.717) is 25.1 Å². The number of hydrogen-bond acceptors (Lipinski definition) is 3. The van der Waals surface area contributed by atoms with Crippen molar-refractivity contribution in [1.29, 1.82) is 0 Å². The number of nitrogens with one attached hydrogen (secondary N) is 1. The van der Waals surface area contributed by atoms with Gasteiger partial charge in [0.1, 0.15) is 11.6 Å². The molecule has 0 aliphatic carbocycles. The largest absolute Gasteiger partial charge is 0.508 e. The second-order valence-electron chi connectivity index (χ2n) is 4.83.